The maximum atomic E-state index is 5.94. The van der Waals surface area contributed by atoms with Crippen LogP contribution in [0, 0.1) is 6.92 Å². The molecule has 0 radical (unpaired) electrons. The van der Waals surface area contributed by atoms with Crippen LogP contribution >= 0.6 is 22.9 Å². The molecular formula is C10H11ClN4S. The summed E-state index contributed by atoms with van der Waals surface area (Å²) in [6.45, 7) is 2.67. The van der Waals surface area contributed by atoms with Gasteiger partial charge in [0.25, 0.3) is 0 Å². The second kappa shape index (κ2) is 5.23. The second-order valence-electron chi connectivity index (χ2n) is 3.22. The number of anilines is 1. The zero-order valence-electron chi connectivity index (χ0n) is 8.77. The van der Waals surface area contributed by atoms with E-state index in [1.54, 1.807) is 18.5 Å². The van der Waals surface area contributed by atoms with Gasteiger partial charge in [0.15, 0.2) is 0 Å². The van der Waals surface area contributed by atoms with Crippen molar-refractivity contribution in [2.24, 2.45) is 0 Å². The Labute approximate surface area is 103 Å². The number of thiazole rings is 1. The summed E-state index contributed by atoms with van der Waals surface area (Å²) >= 11 is 7.46. The SMILES string of the molecule is Cc1nc(CCNc2ncccn2)sc1Cl. The lowest BCUT2D eigenvalue weighted by Crippen LogP contribution is -2.07. The highest BCUT2D eigenvalue weighted by Crippen LogP contribution is 2.23. The number of nitrogens with zero attached hydrogens (tertiary/aromatic N) is 3. The molecule has 0 spiro atoms. The predicted molar refractivity (Wildman–Crippen MR) is 66.1 cm³/mol. The third-order valence-electron chi connectivity index (χ3n) is 1.97. The summed E-state index contributed by atoms with van der Waals surface area (Å²) in [4.78, 5) is 12.5. The summed E-state index contributed by atoms with van der Waals surface area (Å²) < 4.78 is 0.769. The summed E-state index contributed by atoms with van der Waals surface area (Å²) in [7, 11) is 0. The third kappa shape index (κ3) is 2.90. The minimum atomic E-state index is 0.641. The Morgan fingerprint density at radius 1 is 1.38 bits per heavy atom. The van der Waals surface area contributed by atoms with Crippen molar-refractivity contribution >= 4 is 28.9 Å². The van der Waals surface area contributed by atoms with Gasteiger partial charge in [-0.05, 0) is 13.0 Å². The summed E-state index contributed by atoms with van der Waals surface area (Å²) in [5.74, 6) is 0.641. The molecule has 0 unspecified atom stereocenters. The largest absolute Gasteiger partial charge is 0.354 e. The van der Waals surface area contributed by atoms with Crippen molar-refractivity contribution in [1.82, 2.24) is 15.0 Å². The first kappa shape index (κ1) is 11.3. The molecule has 2 heterocycles. The van der Waals surface area contributed by atoms with Crippen molar-refractivity contribution < 1.29 is 0 Å². The fraction of sp³-hybridized carbons (Fsp3) is 0.300. The summed E-state index contributed by atoms with van der Waals surface area (Å²) in [5, 5.41) is 4.16. The maximum absolute atomic E-state index is 5.94. The van der Waals surface area contributed by atoms with E-state index in [9.17, 15) is 0 Å². The molecule has 6 heteroatoms. The van der Waals surface area contributed by atoms with Crippen LogP contribution in [0.2, 0.25) is 4.34 Å². The fourth-order valence-electron chi connectivity index (χ4n) is 1.21. The number of aromatic nitrogens is 3. The van der Waals surface area contributed by atoms with E-state index in [0.29, 0.717) is 5.95 Å². The molecule has 1 N–H and O–H groups in total. The molecule has 0 bridgehead atoms. The number of hydrogen-bond acceptors (Lipinski definition) is 5. The second-order valence-corrected chi connectivity index (χ2v) is 4.90. The predicted octanol–water partition coefficient (Wildman–Crippen LogP) is 2.55. The lowest BCUT2D eigenvalue weighted by atomic mass is 10.4. The Bertz CT molecular complexity index is 438. The van der Waals surface area contributed by atoms with Crippen LogP contribution in [0.5, 0.6) is 0 Å². The first-order valence-electron chi connectivity index (χ1n) is 4.88. The first-order valence-corrected chi connectivity index (χ1v) is 6.08. The lowest BCUT2D eigenvalue weighted by Gasteiger charge is -2.01. The number of rotatable bonds is 4. The average Bonchev–Trinajstić information content (AvgIpc) is 2.60. The van der Waals surface area contributed by atoms with E-state index in [1.807, 2.05) is 6.92 Å². The van der Waals surface area contributed by atoms with E-state index in [2.05, 4.69) is 20.3 Å². The summed E-state index contributed by atoms with van der Waals surface area (Å²) in [6.07, 6.45) is 4.25. The van der Waals surface area contributed by atoms with E-state index >= 15 is 0 Å². The third-order valence-corrected chi connectivity index (χ3v) is 3.48. The maximum Gasteiger partial charge on any atom is 0.222 e. The van der Waals surface area contributed by atoms with Crippen LogP contribution in [-0.4, -0.2) is 21.5 Å². The van der Waals surface area contributed by atoms with Crippen LogP contribution in [0.15, 0.2) is 18.5 Å². The average molecular weight is 255 g/mol. The topological polar surface area (TPSA) is 50.7 Å². The standard InChI is InChI=1S/C10H11ClN4S/c1-7-9(11)16-8(15-7)3-6-14-10-12-4-2-5-13-10/h2,4-5H,3,6H2,1H3,(H,12,13,14). The Morgan fingerprint density at radius 3 is 2.75 bits per heavy atom. The van der Waals surface area contributed by atoms with Crippen LogP contribution in [0.1, 0.15) is 10.7 Å². The molecule has 0 atom stereocenters. The van der Waals surface area contributed by atoms with Crippen molar-refractivity contribution in [3.05, 3.63) is 33.5 Å². The van der Waals surface area contributed by atoms with Crippen molar-refractivity contribution in [2.75, 3.05) is 11.9 Å². The van der Waals surface area contributed by atoms with Gasteiger partial charge in [0.2, 0.25) is 5.95 Å². The zero-order chi connectivity index (χ0) is 11.4. The van der Waals surface area contributed by atoms with Crippen molar-refractivity contribution in [3.8, 4) is 0 Å². The molecule has 0 fully saturated rings. The van der Waals surface area contributed by atoms with Crippen LogP contribution in [0.25, 0.3) is 0 Å². The molecule has 84 valence electrons. The van der Waals surface area contributed by atoms with Crippen LogP contribution in [0.3, 0.4) is 0 Å². The molecular weight excluding hydrogens is 244 g/mol. The number of aryl methyl sites for hydroxylation is 1. The number of halogens is 1. The fourth-order valence-corrected chi connectivity index (χ4v) is 2.31. The molecule has 2 rings (SSSR count). The van der Waals surface area contributed by atoms with Gasteiger partial charge < -0.3 is 5.32 Å². The van der Waals surface area contributed by atoms with Gasteiger partial charge in [0, 0.05) is 25.4 Å². The number of nitrogens with one attached hydrogen (secondary N) is 1. The normalized spacial score (nSPS) is 10.4. The molecule has 0 saturated heterocycles. The molecule has 2 aromatic heterocycles. The van der Waals surface area contributed by atoms with Gasteiger partial charge in [-0.3, -0.25) is 0 Å². The molecule has 0 aliphatic carbocycles. The molecule has 0 aliphatic heterocycles. The van der Waals surface area contributed by atoms with E-state index in [0.717, 1.165) is 28.0 Å². The molecule has 16 heavy (non-hydrogen) atoms. The molecule has 0 aromatic carbocycles. The highest BCUT2D eigenvalue weighted by Gasteiger charge is 2.04. The minimum Gasteiger partial charge on any atom is -0.354 e. The van der Waals surface area contributed by atoms with Crippen LogP contribution in [0.4, 0.5) is 5.95 Å². The monoisotopic (exact) mass is 254 g/mol. The van der Waals surface area contributed by atoms with Gasteiger partial charge >= 0.3 is 0 Å². The zero-order valence-corrected chi connectivity index (χ0v) is 10.3. The Morgan fingerprint density at radius 2 is 2.12 bits per heavy atom. The van der Waals surface area contributed by atoms with Gasteiger partial charge in [0.1, 0.15) is 4.34 Å². The first-order chi connectivity index (χ1) is 7.75. The van der Waals surface area contributed by atoms with Gasteiger partial charge in [-0.1, -0.05) is 11.6 Å². The van der Waals surface area contributed by atoms with E-state index in [-0.39, 0.29) is 0 Å². The van der Waals surface area contributed by atoms with Crippen LogP contribution in [-0.2, 0) is 6.42 Å². The highest BCUT2D eigenvalue weighted by molar-refractivity contribution is 7.16. The quantitative estimate of drug-likeness (QED) is 0.911. The van der Waals surface area contributed by atoms with E-state index in [4.69, 9.17) is 11.6 Å². The van der Waals surface area contributed by atoms with Gasteiger partial charge in [-0.25, -0.2) is 15.0 Å². The minimum absolute atomic E-state index is 0.641. The van der Waals surface area contributed by atoms with Gasteiger partial charge in [0.05, 0.1) is 10.7 Å². The van der Waals surface area contributed by atoms with Gasteiger partial charge in [-0.2, -0.15) is 0 Å². The van der Waals surface area contributed by atoms with Crippen molar-refractivity contribution in [1.29, 1.82) is 0 Å². The van der Waals surface area contributed by atoms with Crippen molar-refractivity contribution in [2.45, 2.75) is 13.3 Å². The summed E-state index contributed by atoms with van der Waals surface area (Å²) in [5.41, 5.74) is 0.901. The van der Waals surface area contributed by atoms with Crippen LogP contribution < -0.4 is 5.32 Å². The summed E-state index contributed by atoms with van der Waals surface area (Å²) in [6, 6.07) is 1.79. The highest BCUT2D eigenvalue weighted by atomic mass is 35.5. The molecule has 0 saturated carbocycles. The Balaban J connectivity index is 1.84. The smallest absolute Gasteiger partial charge is 0.222 e. The molecule has 0 amide bonds. The Hall–Kier alpha value is -1.20. The molecule has 0 aliphatic rings. The van der Waals surface area contributed by atoms with E-state index in [1.165, 1.54) is 11.3 Å². The Kier molecular flexibility index (Phi) is 3.69. The number of hydrogen-bond donors (Lipinski definition) is 1. The molecule has 4 nitrogen and oxygen atoms in total. The van der Waals surface area contributed by atoms with Crippen molar-refractivity contribution in [3.63, 3.8) is 0 Å². The lowest BCUT2D eigenvalue weighted by molar-refractivity contribution is 0.962. The van der Waals surface area contributed by atoms with E-state index < -0.39 is 0 Å². The molecule has 2 aromatic rings. The van der Waals surface area contributed by atoms with Gasteiger partial charge in [-0.15, -0.1) is 11.3 Å².